The number of hydrogen-bond donors (Lipinski definition) is 1. The first kappa shape index (κ1) is 31.4. The molecular weight excluding hydrogens is 698 g/mol. The molecule has 0 bridgehead atoms. The van der Waals surface area contributed by atoms with E-state index < -0.39 is 0 Å². The van der Waals surface area contributed by atoms with Gasteiger partial charge in [-0.25, -0.2) is 0 Å². The van der Waals surface area contributed by atoms with Gasteiger partial charge in [0.15, 0.2) is 0 Å². The van der Waals surface area contributed by atoms with E-state index in [9.17, 15) is 5.41 Å². The quantitative estimate of drug-likeness (QED) is 0.154. The highest BCUT2D eigenvalue weighted by Crippen LogP contribution is 2.38. The molecule has 6 heterocycles. The van der Waals surface area contributed by atoms with Crippen LogP contribution in [0.15, 0.2) is 114 Å². The Morgan fingerprint density at radius 1 is 0.474 bits per heavy atom. The molecule has 0 fully saturated rings. The van der Waals surface area contributed by atoms with Crippen LogP contribution in [0.2, 0.25) is 0 Å². The van der Waals surface area contributed by atoms with Crippen molar-refractivity contribution in [2.75, 3.05) is 7.05 Å². The molecule has 57 heavy (non-hydrogen) atoms. The van der Waals surface area contributed by atoms with Crippen molar-refractivity contribution < 1.29 is 9.47 Å². The maximum absolute atomic E-state index is 9.63. The molecule has 6 nitrogen and oxygen atoms in total. The van der Waals surface area contributed by atoms with Gasteiger partial charge in [-0.1, -0.05) is 53.6 Å². The average molecular weight is 732 g/mol. The molecule has 0 atom stereocenters. The molecule has 0 aliphatic carbocycles. The number of aromatic nitrogens is 2. The first-order valence-electron chi connectivity index (χ1n) is 19.7. The minimum atomic E-state index is -0.102. The summed E-state index contributed by atoms with van der Waals surface area (Å²) in [5, 5.41) is 15.3. The molecule has 0 saturated heterocycles. The zero-order valence-corrected chi connectivity index (χ0v) is 32.2. The number of nitrogens with one attached hydrogen (secondary N) is 1. The third kappa shape index (κ3) is 3.83. The summed E-state index contributed by atoms with van der Waals surface area (Å²) in [7, 11) is 1.91. The van der Waals surface area contributed by atoms with Crippen LogP contribution < -0.4 is 53.0 Å². The summed E-state index contributed by atoms with van der Waals surface area (Å²) in [5.41, 5.74) is 18.3. The minimum Gasteiger partial charge on any atom is -0.458 e. The maximum Gasteiger partial charge on any atom is 0.256 e. The zero-order valence-electron chi connectivity index (χ0n) is 32.2. The standard InChI is InChI=1S/C49H34B2N4O2/c1-24-8-14-36-30(18-24)46(52)28-10-16-40-44-48(28)54(36)38-23-39-35(22-34(38)50(44)32-12-6-26(3)20-42(32)56-40)51-33-13-7-27(4)21-43(33)57-41-17-11-29-47(53-5)31-19-25(2)9-15-37(31)55(39)49(29)45(41)51/h6-23,52H,1-5H3. The van der Waals surface area contributed by atoms with Gasteiger partial charge in [-0.05, 0) is 138 Å². The lowest BCUT2D eigenvalue weighted by molar-refractivity contribution is 0.487. The van der Waals surface area contributed by atoms with Crippen LogP contribution in [0, 0.1) is 33.1 Å². The molecule has 0 unspecified atom stereocenters. The molecule has 9 aromatic rings. The second-order valence-corrected chi connectivity index (χ2v) is 16.5. The van der Waals surface area contributed by atoms with Crippen molar-refractivity contribution in [1.82, 2.24) is 9.13 Å². The van der Waals surface area contributed by atoms with Crippen LogP contribution in [0.3, 0.4) is 0 Å². The fraction of sp³-hybridized carbons (Fsp3) is 0.102. The Balaban J connectivity index is 1.27. The molecule has 2 aromatic heterocycles. The van der Waals surface area contributed by atoms with Crippen molar-refractivity contribution in [3.63, 3.8) is 0 Å². The van der Waals surface area contributed by atoms with E-state index in [1.54, 1.807) is 0 Å². The van der Waals surface area contributed by atoms with Gasteiger partial charge in [0.25, 0.3) is 13.4 Å². The molecule has 13 rings (SSSR count). The molecule has 4 aliphatic rings. The molecule has 268 valence electrons. The van der Waals surface area contributed by atoms with E-state index in [1.807, 2.05) is 7.05 Å². The molecular formula is C49H34B2N4O2. The third-order valence-corrected chi connectivity index (χ3v) is 13.1. The lowest BCUT2D eigenvalue weighted by Crippen LogP contribution is -2.63. The van der Waals surface area contributed by atoms with Crippen molar-refractivity contribution in [3.8, 4) is 34.4 Å². The molecule has 0 amide bonds. The van der Waals surface area contributed by atoms with Crippen LogP contribution in [0.1, 0.15) is 22.3 Å². The number of rotatable bonds is 0. The van der Waals surface area contributed by atoms with Gasteiger partial charge in [0.05, 0.1) is 32.8 Å². The van der Waals surface area contributed by atoms with Gasteiger partial charge in [-0.15, -0.1) is 0 Å². The van der Waals surface area contributed by atoms with Gasteiger partial charge >= 0.3 is 0 Å². The van der Waals surface area contributed by atoms with Crippen molar-refractivity contribution in [1.29, 1.82) is 5.41 Å². The van der Waals surface area contributed by atoms with Crippen molar-refractivity contribution in [2.45, 2.75) is 27.7 Å². The summed E-state index contributed by atoms with van der Waals surface area (Å²) in [6.07, 6.45) is 0. The SMILES string of the molecule is CN=c1c2cc(C)ccc2n2c3c4c(ccc13)Oc1cc(C)ccc1B4c1cc3c(cc1-2)-n1c2ccc(C)cc2c(=N)c2ccc4c(c21)B3c1ccc(C)cc1O4. The molecule has 0 spiro atoms. The second-order valence-electron chi connectivity index (χ2n) is 16.5. The van der Waals surface area contributed by atoms with Crippen LogP contribution in [0.4, 0.5) is 0 Å². The lowest BCUT2D eigenvalue weighted by atomic mass is 9.31. The van der Waals surface area contributed by atoms with E-state index in [1.165, 1.54) is 33.0 Å². The highest BCUT2D eigenvalue weighted by Gasteiger charge is 2.45. The van der Waals surface area contributed by atoms with E-state index >= 15 is 0 Å². The third-order valence-electron chi connectivity index (χ3n) is 13.1. The summed E-state index contributed by atoms with van der Waals surface area (Å²) in [6.45, 7) is 8.35. The largest absolute Gasteiger partial charge is 0.458 e. The van der Waals surface area contributed by atoms with E-state index in [2.05, 4.69) is 146 Å². The topological polar surface area (TPSA) is 64.5 Å². The van der Waals surface area contributed by atoms with Crippen LogP contribution in [0.25, 0.3) is 55.0 Å². The van der Waals surface area contributed by atoms with Gasteiger partial charge in [0.1, 0.15) is 23.0 Å². The van der Waals surface area contributed by atoms with Gasteiger partial charge in [0.2, 0.25) is 0 Å². The van der Waals surface area contributed by atoms with Crippen molar-refractivity contribution in [3.05, 3.63) is 142 Å². The van der Waals surface area contributed by atoms with Crippen LogP contribution in [0.5, 0.6) is 23.0 Å². The van der Waals surface area contributed by atoms with E-state index in [4.69, 9.17) is 14.5 Å². The Bertz CT molecular complexity index is 3580. The lowest BCUT2D eigenvalue weighted by Gasteiger charge is -2.39. The fourth-order valence-corrected chi connectivity index (χ4v) is 10.7. The first-order valence-corrected chi connectivity index (χ1v) is 19.7. The zero-order chi connectivity index (χ0) is 38.2. The Labute approximate surface area is 329 Å². The summed E-state index contributed by atoms with van der Waals surface area (Å²) < 4.78 is 18.6. The normalized spacial score (nSPS) is 14.1. The number of benzene rings is 7. The minimum absolute atomic E-state index is 0.0741. The van der Waals surface area contributed by atoms with Crippen LogP contribution in [-0.2, 0) is 0 Å². The maximum atomic E-state index is 9.63. The van der Waals surface area contributed by atoms with Crippen molar-refractivity contribution in [2.24, 2.45) is 4.99 Å². The molecule has 8 heteroatoms. The predicted molar refractivity (Wildman–Crippen MR) is 234 cm³/mol. The number of nitrogens with zero attached hydrogens (tertiary/aromatic N) is 3. The predicted octanol–water partition coefficient (Wildman–Crippen LogP) is 6.00. The fourth-order valence-electron chi connectivity index (χ4n) is 10.7. The monoisotopic (exact) mass is 732 g/mol. The summed E-state index contributed by atoms with van der Waals surface area (Å²) in [6, 6.07) is 40.1. The molecule has 0 radical (unpaired) electrons. The highest BCUT2D eigenvalue weighted by atomic mass is 16.5. The average Bonchev–Trinajstić information content (AvgIpc) is 3.21. The van der Waals surface area contributed by atoms with Crippen LogP contribution in [-0.4, -0.2) is 29.6 Å². The number of hydrogen-bond acceptors (Lipinski definition) is 4. The summed E-state index contributed by atoms with van der Waals surface area (Å²) >= 11 is 0. The Morgan fingerprint density at radius 3 is 1.54 bits per heavy atom. The number of aryl methyl sites for hydroxylation is 4. The Morgan fingerprint density at radius 2 is 0.965 bits per heavy atom. The van der Waals surface area contributed by atoms with Gasteiger partial charge in [-0.3, -0.25) is 10.4 Å². The summed E-state index contributed by atoms with van der Waals surface area (Å²) in [5.74, 6) is 3.54. The van der Waals surface area contributed by atoms with E-state index in [0.717, 1.165) is 105 Å². The van der Waals surface area contributed by atoms with E-state index in [0.29, 0.717) is 5.36 Å². The number of ether oxygens (including phenoxy) is 2. The summed E-state index contributed by atoms with van der Waals surface area (Å²) in [4.78, 5) is 4.96. The van der Waals surface area contributed by atoms with Gasteiger partial charge < -0.3 is 18.6 Å². The van der Waals surface area contributed by atoms with Gasteiger partial charge in [-0.2, -0.15) is 0 Å². The highest BCUT2D eigenvalue weighted by molar-refractivity contribution is 7.02. The molecule has 0 saturated carbocycles. The second kappa shape index (κ2) is 10.5. The van der Waals surface area contributed by atoms with Crippen LogP contribution >= 0.6 is 0 Å². The Kier molecular flexibility index (Phi) is 5.81. The first-order chi connectivity index (χ1) is 27.8. The smallest absolute Gasteiger partial charge is 0.256 e. The van der Waals surface area contributed by atoms with E-state index in [-0.39, 0.29) is 13.4 Å². The van der Waals surface area contributed by atoms with Gasteiger partial charge in [0, 0.05) is 40.0 Å². The Hall–Kier alpha value is -6.79. The number of pyridine rings is 2. The molecule has 7 aromatic carbocycles. The van der Waals surface area contributed by atoms with Crippen molar-refractivity contribution >= 4 is 89.8 Å². The number of fused-ring (bicyclic) bond motifs is 14. The molecule has 1 N–H and O–H groups in total. The molecule has 4 aliphatic heterocycles.